The van der Waals surface area contributed by atoms with E-state index in [1.54, 1.807) is 6.07 Å². The number of hydrogen-bond acceptors (Lipinski definition) is 3. The maximum absolute atomic E-state index is 10.2. The van der Waals surface area contributed by atoms with Crippen molar-refractivity contribution in [1.29, 1.82) is 0 Å². The highest BCUT2D eigenvalue weighted by atomic mass is 16.5. The van der Waals surface area contributed by atoms with E-state index in [1.807, 2.05) is 26.0 Å². The summed E-state index contributed by atoms with van der Waals surface area (Å²) in [5.74, 6) is 6.47. The highest BCUT2D eigenvalue weighted by molar-refractivity contribution is 5.74. The summed E-state index contributed by atoms with van der Waals surface area (Å²) in [7, 11) is 0. The van der Waals surface area contributed by atoms with Crippen molar-refractivity contribution in [3.05, 3.63) is 23.8 Å². The van der Waals surface area contributed by atoms with Gasteiger partial charge in [-0.05, 0) is 37.5 Å². The van der Waals surface area contributed by atoms with Gasteiger partial charge in [-0.2, -0.15) is 0 Å². The molecular formula is C14H16O3. The lowest BCUT2D eigenvalue weighted by molar-refractivity contribution is -0.103. The molecule has 0 heterocycles. The number of ether oxygens (including phenoxy) is 2. The van der Waals surface area contributed by atoms with Crippen LogP contribution in [0.5, 0.6) is 11.5 Å². The number of carbonyl (C=O) groups excluding carboxylic acids is 1. The second-order valence-corrected chi connectivity index (χ2v) is 3.33. The molecule has 3 heteroatoms. The minimum Gasteiger partial charge on any atom is -0.490 e. The molecule has 0 N–H and O–H groups in total. The fourth-order valence-corrected chi connectivity index (χ4v) is 1.30. The second kappa shape index (κ2) is 7.34. The molecule has 0 radical (unpaired) electrons. The van der Waals surface area contributed by atoms with Gasteiger partial charge in [0, 0.05) is 5.56 Å². The number of carbonyl (C=O) groups is 1. The molecule has 0 saturated carbocycles. The average Bonchev–Trinajstić information content (AvgIpc) is 2.35. The lowest BCUT2D eigenvalue weighted by Crippen LogP contribution is -2.00. The van der Waals surface area contributed by atoms with E-state index in [0.29, 0.717) is 31.0 Å². The van der Waals surface area contributed by atoms with Crippen LogP contribution >= 0.6 is 0 Å². The molecule has 0 saturated heterocycles. The van der Waals surface area contributed by atoms with Crippen LogP contribution < -0.4 is 9.47 Å². The maximum Gasteiger partial charge on any atom is 0.193 e. The minimum absolute atomic E-state index is 0.563. The van der Waals surface area contributed by atoms with Crippen LogP contribution in [0.1, 0.15) is 25.8 Å². The van der Waals surface area contributed by atoms with Crippen molar-refractivity contribution in [3.8, 4) is 23.3 Å². The predicted octanol–water partition coefficient (Wildman–Crippen LogP) is 2.42. The molecule has 0 spiro atoms. The molecule has 1 rings (SSSR count). The fourth-order valence-electron chi connectivity index (χ4n) is 1.30. The largest absolute Gasteiger partial charge is 0.490 e. The van der Waals surface area contributed by atoms with Gasteiger partial charge in [0.1, 0.15) is 0 Å². The first-order chi connectivity index (χ1) is 8.31. The van der Waals surface area contributed by atoms with E-state index < -0.39 is 0 Å². The van der Waals surface area contributed by atoms with Crippen LogP contribution in [0.3, 0.4) is 0 Å². The number of benzene rings is 1. The molecule has 0 aliphatic rings. The standard InChI is InChI=1S/C14H16O3/c1-3-10-17-13-8-7-12(6-5-9-15)11-14(13)16-4-2/h7-9,11H,3-4,10H2,1-2H3. The molecule has 0 fully saturated rings. The smallest absolute Gasteiger partial charge is 0.193 e. The van der Waals surface area contributed by atoms with Gasteiger partial charge >= 0.3 is 0 Å². The molecule has 0 aliphatic carbocycles. The van der Waals surface area contributed by atoms with E-state index in [0.717, 1.165) is 12.0 Å². The summed E-state index contributed by atoms with van der Waals surface area (Å²) in [5, 5.41) is 0. The molecule has 0 aromatic heterocycles. The highest BCUT2D eigenvalue weighted by Crippen LogP contribution is 2.28. The lowest BCUT2D eigenvalue weighted by atomic mass is 10.2. The number of hydrogen-bond donors (Lipinski definition) is 0. The lowest BCUT2D eigenvalue weighted by Gasteiger charge is -2.11. The Kier molecular flexibility index (Phi) is 5.67. The van der Waals surface area contributed by atoms with E-state index in [4.69, 9.17) is 9.47 Å². The van der Waals surface area contributed by atoms with Gasteiger partial charge in [0.2, 0.25) is 0 Å². The van der Waals surface area contributed by atoms with Crippen molar-refractivity contribution < 1.29 is 14.3 Å². The van der Waals surface area contributed by atoms with E-state index in [-0.39, 0.29) is 0 Å². The number of aldehydes is 1. The molecule has 0 atom stereocenters. The van der Waals surface area contributed by atoms with Gasteiger partial charge in [-0.15, -0.1) is 0 Å². The van der Waals surface area contributed by atoms with Crippen LogP contribution in [0.2, 0.25) is 0 Å². The van der Waals surface area contributed by atoms with Crippen molar-refractivity contribution in [2.24, 2.45) is 0 Å². The summed E-state index contributed by atoms with van der Waals surface area (Å²) in [6.07, 6.45) is 1.51. The van der Waals surface area contributed by atoms with Crippen LogP contribution in [0.25, 0.3) is 0 Å². The summed E-state index contributed by atoms with van der Waals surface area (Å²) in [5.41, 5.74) is 0.740. The SMILES string of the molecule is CCCOc1ccc(C#CC=O)cc1OCC. The topological polar surface area (TPSA) is 35.5 Å². The van der Waals surface area contributed by atoms with E-state index >= 15 is 0 Å². The Morgan fingerprint density at radius 1 is 1.24 bits per heavy atom. The molecule has 0 unspecified atom stereocenters. The van der Waals surface area contributed by atoms with Gasteiger partial charge in [-0.3, -0.25) is 4.79 Å². The van der Waals surface area contributed by atoms with Crippen molar-refractivity contribution in [1.82, 2.24) is 0 Å². The molecule has 1 aromatic carbocycles. The predicted molar refractivity (Wildman–Crippen MR) is 66.3 cm³/mol. The Morgan fingerprint density at radius 2 is 2.06 bits per heavy atom. The van der Waals surface area contributed by atoms with Crippen molar-refractivity contribution in [2.75, 3.05) is 13.2 Å². The molecular weight excluding hydrogens is 216 g/mol. The Bertz CT molecular complexity index is 427. The van der Waals surface area contributed by atoms with Gasteiger partial charge in [-0.1, -0.05) is 12.8 Å². The summed E-state index contributed by atoms with van der Waals surface area (Å²) < 4.78 is 11.0. The van der Waals surface area contributed by atoms with Crippen LogP contribution in [-0.2, 0) is 4.79 Å². The van der Waals surface area contributed by atoms with Crippen LogP contribution in [0.4, 0.5) is 0 Å². The van der Waals surface area contributed by atoms with Gasteiger partial charge < -0.3 is 9.47 Å². The molecule has 0 aliphatic heterocycles. The number of rotatable bonds is 5. The van der Waals surface area contributed by atoms with E-state index in [1.165, 1.54) is 0 Å². The first-order valence-electron chi connectivity index (χ1n) is 5.66. The van der Waals surface area contributed by atoms with Crippen LogP contribution in [0.15, 0.2) is 18.2 Å². The molecule has 90 valence electrons. The van der Waals surface area contributed by atoms with E-state index in [9.17, 15) is 4.79 Å². The van der Waals surface area contributed by atoms with Gasteiger partial charge in [0.25, 0.3) is 0 Å². The first kappa shape index (κ1) is 13.1. The van der Waals surface area contributed by atoms with E-state index in [2.05, 4.69) is 11.8 Å². The zero-order valence-electron chi connectivity index (χ0n) is 10.2. The minimum atomic E-state index is 0.563. The normalized spacial score (nSPS) is 9.06. The molecule has 17 heavy (non-hydrogen) atoms. The summed E-state index contributed by atoms with van der Waals surface area (Å²) in [6, 6.07) is 5.41. The average molecular weight is 232 g/mol. The highest BCUT2D eigenvalue weighted by Gasteiger charge is 2.05. The summed E-state index contributed by atoms with van der Waals surface area (Å²) in [6.45, 7) is 5.17. The molecule has 3 nitrogen and oxygen atoms in total. The summed E-state index contributed by atoms with van der Waals surface area (Å²) >= 11 is 0. The van der Waals surface area contributed by atoms with Gasteiger partial charge in [0.05, 0.1) is 13.2 Å². The molecule has 0 bridgehead atoms. The first-order valence-corrected chi connectivity index (χ1v) is 5.66. The monoisotopic (exact) mass is 232 g/mol. The third-order valence-electron chi connectivity index (χ3n) is 1.98. The molecule has 0 amide bonds. The Balaban J connectivity index is 2.94. The molecule has 1 aromatic rings. The Hall–Kier alpha value is -1.95. The fraction of sp³-hybridized carbons (Fsp3) is 0.357. The maximum atomic E-state index is 10.2. The van der Waals surface area contributed by atoms with Crippen molar-refractivity contribution in [3.63, 3.8) is 0 Å². The van der Waals surface area contributed by atoms with Gasteiger partial charge in [-0.25, -0.2) is 0 Å². The van der Waals surface area contributed by atoms with Crippen LogP contribution in [-0.4, -0.2) is 19.5 Å². The van der Waals surface area contributed by atoms with Crippen molar-refractivity contribution >= 4 is 6.29 Å². The second-order valence-electron chi connectivity index (χ2n) is 3.33. The zero-order valence-corrected chi connectivity index (χ0v) is 10.2. The Labute approximate surface area is 102 Å². The summed E-state index contributed by atoms with van der Waals surface area (Å²) in [4.78, 5) is 10.2. The van der Waals surface area contributed by atoms with Crippen molar-refractivity contribution in [2.45, 2.75) is 20.3 Å². The van der Waals surface area contributed by atoms with Crippen LogP contribution in [0, 0.1) is 11.8 Å². The third kappa shape index (κ3) is 4.20. The van der Waals surface area contributed by atoms with Gasteiger partial charge in [0.15, 0.2) is 17.8 Å². The quantitative estimate of drug-likeness (QED) is 0.577. The zero-order chi connectivity index (χ0) is 12.5. The third-order valence-corrected chi connectivity index (χ3v) is 1.98. The Morgan fingerprint density at radius 3 is 2.71 bits per heavy atom.